The van der Waals surface area contributed by atoms with Crippen LogP contribution < -0.4 is 0 Å². The van der Waals surface area contributed by atoms with Gasteiger partial charge in [-0.3, -0.25) is 14.3 Å². The van der Waals surface area contributed by atoms with Crippen molar-refractivity contribution in [3.8, 4) is 0 Å². The second kappa shape index (κ2) is 6.28. The number of rotatable bonds is 4. The van der Waals surface area contributed by atoms with Gasteiger partial charge in [-0.2, -0.15) is 8.42 Å². The molecule has 0 aliphatic carbocycles. The Hall–Kier alpha value is -2.20. The van der Waals surface area contributed by atoms with E-state index in [1.54, 1.807) is 0 Å². The Balaban J connectivity index is 2.13. The summed E-state index contributed by atoms with van der Waals surface area (Å²) in [7, 11) is -4.28. The number of carbonyl (C=O) groups is 1. The largest absolute Gasteiger partial charge is 0.465 e. The fourth-order valence-corrected chi connectivity index (χ4v) is 3.49. The first-order valence-corrected chi connectivity index (χ1v) is 7.86. The van der Waals surface area contributed by atoms with Gasteiger partial charge >= 0.3 is 16.2 Å². The number of para-hydroxylation sites is 1. The first-order chi connectivity index (χ1) is 10.3. The van der Waals surface area contributed by atoms with Crippen molar-refractivity contribution in [1.29, 1.82) is 0 Å². The van der Waals surface area contributed by atoms with Crippen molar-refractivity contribution >= 4 is 21.9 Å². The fraction of sp³-hybridized carbons (Fsp3) is 0.417. The van der Waals surface area contributed by atoms with Gasteiger partial charge in [0.05, 0.1) is 11.0 Å². The fourth-order valence-electron chi connectivity index (χ4n) is 2.19. The Morgan fingerprint density at radius 2 is 1.91 bits per heavy atom. The molecule has 2 rings (SSSR count). The van der Waals surface area contributed by atoms with Crippen molar-refractivity contribution in [2.24, 2.45) is 0 Å². The van der Waals surface area contributed by atoms with E-state index in [9.17, 15) is 23.3 Å². The minimum atomic E-state index is -4.28. The van der Waals surface area contributed by atoms with Gasteiger partial charge in [0.15, 0.2) is 4.90 Å². The van der Waals surface area contributed by atoms with Crippen molar-refractivity contribution in [3.63, 3.8) is 0 Å². The summed E-state index contributed by atoms with van der Waals surface area (Å²) in [5.74, 6) is 0. The number of likely N-dealkylation sites (tertiary alicyclic amines) is 1. The SMILES string of the molecule is O=C(O)N1CCC(OS(=O)(=O)c2ccccc2[N+](=O)[O-])CC1. The van der Waals surface area contributed by atoms with Gasteiger partial charge in [-0.05, 0) is 18.9 Å². The van der Waals surface area contributed by atoms with Gasteiger partial charge in [-0.1, -0.05) is 12.1 Å². The minimum Gasteiger partial charge on any atom is -0.465 e. The molecule has 1 heterocycles. The lowest BCUT2D eigenvalue weighted by atomic mass is 10.1. The zero-order valence-electron chi connectivity index (χ0n) is 11.4. The Morgan fingerprint density at radius 1 is 1.32 bits per heavy atom. The molecule has 1 amide bonds. The van der Waals surface area contributed by atoms with Crippen LogP contribution in [0.3, 0.4) is 0 Å². The number of benzene rings is 1. The van der Waals surface area contributed by atoms with Crippen LogP contribution in [-0.2, 0) is 14.3 Å². The third-order valence-electron chi connectivity index (χ3n) is 3.31. The summed E-state index contributed by atoms with van der Waals surface area (Å²) in [5.41, 5.74) is -0.550. The molecular weight excluding hydrogens is 316 g/mol. The Kier molecular flexibility index (Phi) is 4.62. The third-order valence-corrected chi connectivity index (χ3v) is 4.72. The van der Waals surface area contributed by atoms with Crippen LogP contribution in [-0.4, -0.2) is 48.6 Å². The molecule has 120 valence electrons. The quantitative estimate of drug-likeness (QED) is 0.502. The van der Waals surface area contributed by atoms with Crippen LogP contribution in [0.2, 0.25) is 0 Å². The van der Waals surface area contributed by atoms with E-state index in [1.165, 1.54) is 12.1 Å². The second-order valence-corrected chi connectivity index (χ2v) is 6.28. The van der Waals surface area contributed by atoms with Gasteiger partial charge in [0, 0.05) is 19.2 Å². The molecule has 1 aromatic carbocycles. The molecule has 1 saturated heterocycles. The van der Waals surface area contributed by atoms with E-state index in [0.717, 1.165) is 17.0 Å². The highest BCUT2D eigenvalue weighted by molar-refractivity contribution is 7.87. The highest BCUT2D eigenvalue weighted by Gasteiger charge is 2.31. The van der Waals surface area contributed by atoms with E-state index in [2.05, 4.69) is 0 Å². The average molecular weight is 330 g/mol. The van der Waals surface area contributed by atoms with Crippen LogP contribution >= 0.6 is 0 Å². The maximum absolute atomic E-state index is 12.2. The molecule has 0 radical (unpaired) electrons. The lowest BCUT2D eigenvalue weighted by molar-refractivity contribution is -0.387. The predicted molar refractivity (Wildman–Crippen MR) is 74.0 cm³/mol. The first kappa shape index (κ1) is 16.2. The van der Waals surface area contributed by atoms with Crippen molar-refractivity contribution in [3.05, 3.63) is 34.4 Å². The molecular formula is C12H14N2O7S. The van der Waals surface area contributed by atoms with E-state index in [1.807, 2.05) is 0 Å². The molecule has 1 aliphatic heterocycles. The summed E-state index contributed by atoms with van der Waals surface area (Å²) >= 11 is 0. The van der Waals surface area contributed by atoms with Gasteiger partial charge in [-0.25, -0.2) is 4.79 Å². The number of hydrogen-bond acceptors (Lipinski definition) is 6. The molecule has 22 heavy (non-hydrogen) atoms. The summed E-state index contributed by atoms with van der Waals surface area (Å²) in [4.78, 5) is 21.5. The maximum atomic E-state index is 12.2. The number of nitro benzene ring substituents is 1. The van der Waals surface area contributed by atoms with E-state index in [-0.39, 0.29) is 25.9 Å². The average Bonchev–Trinajstić information content (AvgIpc) is 2.47. The molecule has 0 spiro atoms. The van der Waals surface area contributed by atoms with Gasteiger partial charge in [-0.15, -0.1) is 0 Å². The summed E-state index contributed by atoms with van der Waals surface area (Å²) in [6.07, 6.45) is -1.33. The van der Waals surface area contributed by atoms with E-state index in [4.69, 9.17) is 9.29 Å². The van der Waals surface area contributed by atoms with Crippen molar-refractivity contribution < 1.29 is 27.4 Å². The molecule has 1 fully saturated rings. The molecule has 1 aromatic rings. The summed E-state index contributed by atoms with van der Waals surface area (Å²) in [6.45, 7) is 0.318. The van der Waals surface area contributed by atoms with Gasteiger partial charge in [0.1, 0.15) is 0 Å². The Bertz CT molecular complexity index is 680. The molecule has 1 N–H and O–H groups in total. The van der Waals surface area contributed by atoms with E-state index in [0.29, 0.717) is 0 Å². The highest BCUT2D eigenvalue weighted by Crippen LogP contribution is 2.27. The molecule has 9 nitrogen and oxygen atoms in total. The van der Waals surface area contributed by atoms with Gasteiger partial charge < -0.3 is 10.0 Å². The molecule has 0 unspecified atom stereocenters. The second-order valence-electron chi connectivity index (χ2n) is 4.74. The summed E-state index contributed by atoms with van der Waals surface area (Å²) in [5, 5.41) is 19.7. The Morgan fingerprint density at radius 3 is 2.45 bits per heavy atom. The number of nitrogens with zero attached hydrogens (tertiary/aromatic N) is 2. The van der Waals surface area contributed by atoms with Crippen LogP contribution in [0.4, 0.5) is 10.5 Å². The van der Waals surface area contributed by atoms with Crippen LogP contribution in [0, 0.1) is 10.1 Å². The van der Waals surface area contributed by atoms with Gasteiger partial charge in [0.25, 0.3) is 5.69 Å². The molecule has 0 atom stereocenters. The molecule has 0 bridgehead atoms. The number of hydrogen-bond donors (Lipinski definition) is 1. The molecule has 0 saturated carbocycles. The van der Waals surface area contributed by atoms with Crippen LogP contribution in [0.15, 0.2) is 29.2 Å². The number of piperidine rings is 1. The lowest BCUT2D eigenvalue weighted by Gasteiger charge is -2.29. The number of carboxylic acid groups (broad SMARTS) is 1. The molecule has 0 aromatic heterocycles. The standard InChI is InChI=1S/C12H14N2O7S/c15-12(16)13-7-5-9(6-8-13)21-22(19,20)11-4-2-1-3-10(11)14(17)18/h1-4,9H,5-8H2,(H,15,16). The van der Waals surface area contributed by atoms with Crippen molar-refractivity contribution in [2.45, 2.75) is 23.8 Å². The lowest BCUT2D eigenvalue weighted by Crippen LogP contribution is -2.40. The normalized spacial score (nSPS) is 16.5. The van der Waals surface area contributed by atoms with E-state index >= 15 is 0 Å². The Labute approximate surface area is 126 Å². The monoisotopic (exact) mass is 330 g/mol. The zero-order valence-corrected chi connectivity index (χ0v) is 12.2. The van der Waals surface area contributed by atoms with Crippen molar-refractivity contribution in [1.82, 2.24) is 4.90 Å². The zero-order chi connectivity index (χ0) is 16.3. The highest BCUT2D eigenvalue weighted by atomic mass is 32.2. The first-order valence-electron chi connectivity index (χ1n) is 6.46. The third kappa shape index (κ3) is 3.52. The summed E-state index contributed by atoms with van der Waals surface area (Å²) < 4.78 is 29.4. The maximum Gasteiger partial charge on any atom is 0.407 e. The topological polar surface area (TPSA) is 127 Å². The van der Waals surface area contributed by atoms with Crippen LogP contribution in [0.5, 0.6) is 0 Å². The number of amides is 1. The van der Waals surface area contributed by atoms with E-state index < -0.39 is 37.8 Å². The summed E-state index contributed by atoms with van der Waals surface area (Å²) in [6, 6.07) is 4.93. The smallest absolute Gasteiger partial charge is 0.407 e. The minimum absolute atomic E-state index is 0.159. The van der Waals surface area contributed by atoms with Gasteiger partial charge in [0.2, 0.25) is 0 Å². The predicted octanol–water partition coefficient (Wildman–Crippen LogP) is 1.44. The van der Waals surface area contributed by atoms with Crippen molar-refractivity contribution in [2.75, 3.05) is 13.1 Å². The van der Waals surface area contributed by atoms with Crippen LogP contribution in [0.1, 0.15) is 12.8 Å². The molecule has 10 heteroatoms. The van der Waals surface area contributed by atoms with Crippen LogP contribution in [0.25, 0.3) is 0 Å². The molecule has 1 aliphatic rings. The number of nitro groups is 1.